The van der Waals surface area contributed by atoms with Gasteiger partial charge in [-0.05, 0) is 30.9 Å². The van der Waals surface area contributed by atoms with Crippen molar-refractivity contribution < 1.29 is 39.3 Å². The van der Waals surface area contributed by atoms with E-state index in [0.717, 1.165) is 5.56 Å². The van der Waals surface area contributed by atoms with Gasteiger partial charge >= 0.3 is 5.97 Å². The molecule has 0 aliphatic heterocycles. The predicted octanol–water partition coefficient (Wildman–Crippen LogP) is -2.66. The van der Waals surface area contributed by atoms with Crippen molar-refractivity contribution in [2.24, 2.45) is 5.73 Å². The standard InChI is InChI=1S/C23H35N5O8S/c1-13(19(31)26-16(8-9-37-2)21(33)28-18(12-30)23(35)36)25-22(34)17(27-20(32)15(24)11-29)10-14-6-4-3-5-7-14/h3-7,13,15-18,29-30H,8-12,24H2,1-2H3,(H,25,34)(H,26,31)(H,27,32)(H,28,33)(H,35,36)/t13-,15-,16-,17-,18-/m0/s1. The number of rotatable bonds is 16. The molecule has 37 heavy (non-hydrogen) atoms. The Hall–Kier alpha value is -3.20. The molecule has 1 rings (SSSR count). The highest BCUT2D eigenvalue weighted by Gasteiger charge is 2.30. The van der Waals surface area contributed by atoms with Crippen LogP contribution < -0.4 is 27.0 Å². The Morgan fingerprint density at radius 1 is 0.838 bits per heavy atom. The molecule has 0 unspecified atom stereocenters. The second-order valence-electron chi connectivity index (χ2n) is 8.19. The zero-order valence-corrected chi connectivity index (χ0v) is 21.5. The van der Waals surface area contributed by atoms with E-state index in [1.54, 1.807) is 36.6 Å². The average molecular weight is 542 g/mol. The first-order chi connectivity index (χ1) is 17.5. The fourth-order valence-electron chi connectivity index (χ4n) is 3.06. The molecule has 0 aliphatic rings. The van der Waals surface area contributed by atoms with Gasteiger partial charge in [0.25, 0.3) is 0 Å². The Kier molecular flexibility index (Phi) is 14.2. The molecule has 0 saturated carbocycles. The van der Waals surface area contributed by atoms with E-state index >= 15 is 0 Å². The molecule has 0 fully saturated rings. The number of carboxylic acids is 1. The van der Waals surface area contributed by atoms with E-state index in [-0.39, 0.29) is 12.8 Å². The molecule has 0 bridgehead atoms. The highest BCUT2D eigenvalue weighted by atomic mass is 32.2. The summed E-state index contributed by atoms with van der Waals surface area (Å²) < 4.78 is 0. The van der Waals surface area contributed by atoms with E-state index in [2.05, 4.69) is 21.3 Å². The molecular formula is C23H35N5O8S. The summed E-state index contributed by atoms with van der Waals surface area (Å²) in [5.74, 6) is -3.93. The quantitative estimate of drug-likeness (QED) is 0.108. The van der Waals surface area contributed by atoms with Gasteiger partial charge in [0.05, 0.1) is 13.2 Å². The van der Waals surface area contributed by atoms with Crippen LogP contribution in [-0.4, -0.2) is 100 Å². The van der Waals surface area contributed by atoms with Gasteiger partial charge in [0.15, 0.2) is 0 Å². The number of hydrogen-bond donors (Lipinski definition) is 8. The van der Waals surface area contributed by atoms with Gasteiger partial charge in [-0.1, -0.05) is 30.3 Å². The van der Waals surface area contributed by atoms with Gasteiger partial charge in [-0.25, -0.2) is 4.79 Å². The lowest BCUT2D eigenvalue weighted by Gasteiger charge is -2.24. The summed E-state index contributed by atoms with van der Waals surface area (Å²) in [5, 5.41) is 37.0. The summed E-state index contributed by atoms with van der Waals surface area (Å²) in [6.07, 6.45) is 2.04. The third-order valence-corrected chi connectivity index (χ3v) is 5.89. The molecule has 14 heteroatoms. The maximum Gasteiger partial charge on any atom is 0.328 e. The summed E-state index contributed by atoms with van der Waals surface area (Å²) >= 11 is 1.40. The number of nitrogens with one attached hydrogen (secondary N) is 4. The maximum atomic E-state index is 13.0. The molecule has 0 heterocycles. The van der Waals surface area contributed by atoms with Crippen LogP contribution in [-0.2, 0) is 30.4 Å². The van der Waals surface area contributed by atoms with Crippen molar-refractivity contribution in [2.75, 3.05) is 25.2 Å². The Morgan fingerprint density at radius 3 is 1.95 bits per heavy atom. The number of aliphatic carboxylic acids is 1. The van der Waals surface area contributed by atoms with Crippen molar-refractivity contribution in [3.8, 4) is 0 Å². The Labute approximate surface area is 218 Å². The largest absolute Gasteiger partial charge is 0.480 e. The lowest BCUT2D eigenvalue weighted by molar-refractivity contribution is -0.143. The van der Waals surface area contributed by atoms with Gasteiger partial charge in [0.2, 0.25) is 23.6 Å². The van der Waals surface area contributed by atoms with E-state index in [9.17, 15) is 24.0 Å². The summed E-state index contributed by atoms with van der Waals surface area (Å²) in [6, 6.07) is 2.66. The fraction of sp³-hybridized carbons (Fsp3) is 0.522. The number of aliphatic hydroxyl groups is 2. The highest BCUT2D eigenvalue weighted by Crippen LogP contribution is 2.06. The van der Waals surface area contributed by atoms with Gasteiger partial charge in [0.1, 0.15) is 30.2 Å². The van der Waals surface area contributed by atoms with E-state index in [0.29, 0.717) is 5.75 Å². The molecule has 1 aromatic rings. The lowest BCUT2D eigenvalue weighted by Crippen LogP contribution is -2.58. The van der Waals surface area contributed by atoms with Crippen LogP contribution in [0.3, 0.4) is 0 Å². The molecule has 0 spiro atoms. The number of carbonyl (C=O) groups excluding carboxylic acids is 4. The molecule has 0 aliphatic carbocycles. The molecule has 206 valence electrons. The molecule has 5 atom stereocenters. The van der Waals surface area contributed by atoms with Crippen LogP contribution in [0.1, 0.15) is 18.9 Å². The van der Waals surface area contributed by atoms with Gasteiger partial charge < -0.3 is 42.3 Å². The third-order valence-electron chi connectivity index (χ3n) is 5.24. The first kappa shape index (κ1) is 31.8. The third kappa shape index (κ3) is 11.2. The number of aliphatic hydroxyl groups excluding tert-OH is 2. The predicted molar refractivity (Wildman–Crippen MR) is 136 cm³/mol. The first-order valence-corrected chi connectivity index (χ1v) is 12.9. The first-order valence-electron chi connectivity index (χ1n) is 11.5. The van der Waals surface area contributed by atoms with Gasteiger partial charge in [-0.15, -0.1) is 0 Å². The Morgan fingerprint density at radius 2 is 1.41 bits per heavy atom. The highest BCUT2D eigenvalue weighted by molar-refractivity contribution is 7.98. The lowest BCUT2D eigenvalue weighted by atomic mass is 10.0. The van der Waals surface area contributed by atoms with E-state index in [4.69, 9.17) is 21.1 Å². The number of thioether (sulfide) groups is 1. The van der Waals surface area contributed by atoms with Crippen LogP contribution in [0.15, 0.2) is 30.3 Å². The van der Waals surface area contributed by atoms with E-state index in [1.807, 2.05) is 0 Å². The topological polar surface area (TPSA) is 220 Å². The minimum Gasteiger partial charge on any atom is -0.480 e. The van der Waals surface area contributed by atoms with Crippen molar-refractivity contribution in [1.82, 2.24) is 21.3 Å². The Bertz CT molecular complexity index is 920. The maximum absolute atomic E-state index is 13.0. The van der Waals surface area contributed by atoms with Crippen molar-refractivity contribution in [3.63, 3.8) is 0 Å². The van der Waals surface area contributed by atoms with Crippen molar-refractivity contribution in [3.05, 3.63) is 35.9 Å². The molecule has 0 radical (unpaired) electrons. The number of carbonyl (C=O) groups is 5. The molecular weight excluding hydrogens is 506 g/mol. The van der Waals surface area contributed by atoms with Crippen molar-refractivity contribution >= 4 is 41.4 Å². The number of amides is 4. The van der Waals surface area contributed by atoms with Gasteiger partial charge in [-0.3, -0.25) is 19.2 Å². The minimum atomic E-state index is -1.54. The molecule has 13 nitrogen and oxygen atoms in total. The van der Waals surface area contributed by atoms with Crippen LogP contribution in [0.25, 0.3) is 0 Å². The van der Waals surface area contributed by atoms with Crippen molar-refractivity contribution in [2.45, 2.75) is 50.0 Å². The summed E-state index contributed by atoms with van der Waals surface area (Å²) in [7, 11) is 0. The van der Waals surface area contributed by atoms with E-state index in [1.165, 1.54) is 18.7 Å². The summed E-state index contributed by atoms with van der Waals surface area (Å²) in [6.45, 7) is -0.0700. The van der Waals surface area contributed by atoms with Crippen LogP contribution in [0.5, 0.6) is 0 Å². The molecule has 9 N–H and O–H groups in total. The van der Waals surface area contributed by atoms with Crippen molar-refractivity contribution in [1.29, 1.82) is 0 Å². The SMILES string of the molecule is CSCC[C@H](NC(=O)[C@H](C)NC(=O)[C@H](Cc1ccccc1)NC(=O)[C@@H](N)CO)C(=O)N[C@@H](CO)C(=O)O. The second kappa shape index (κ2) is 16.5. The molecule has 0 saturated heterocycles. The second-order valence-corrected chi connectivity index (χ2v) is 9.18. The van der Waals surface area contributed by atoms with Gasteiger partial charge in [-0.2, -0.15) is 11.8 Å². The number of hydrogen-bond acceptors (Lipinski definition) is 9. The van der Waals surface area contributed by atoms with Crippen LogP contribution in [0.2, 0.25) is 0 Å². The smallest absolute Gasteiger partial charge is 0.328 e. The summed E-state index contributed by atoms with van der Waals surface area (Å²) in [5.41, 5.74) is 6.27. The summed E-state index contributed by atoms with van der Waals surface area (Å²) in [4.78, 5) is 61.7. The monoisotopic (exact) mass is 541 g/mol. The van der Waals surface area contributed by atoms with Crippen LogP contribution in [0, 0.1) is 0 Å². The zero-order chi connectivity index (χ0) is 28.0. The zero-order valence-electron chi connectivity index (χ0n) is 20.7. The normalized spacial score (nSPS) is 14.8. The molecule has 0 aromatic heterocycles. The molecule has 1 aromatic carbocycles. The Balaban J connectivity index is 2.92. The molecule has 4 amide bonds. The minimum absolute atomic E-state index is 0.0847. The average Bonchev–Trinajstić information content (AvgIpc) is 2.88. The number of benzene rings is 1. The van der Waals surface area contributed by atoms with Gasteiger partial charge in [0, 0.05) is 6.42 Å². The fourth-order valence-corrected chi connectivity index (χ4v) is 3.53. The number of nitrogens with two attached hydrogens (primary N) is 1. The van der Waals surface area contributed by atoms with Crippen LogP contribution in [0.4, 0.5) is 0 Å². The van der Waals surface area contributed by atoms with E-state index < -0.39 is 73.0 Å². The van der Waals surface area contributed by atoms with Crippen LogP contribution >= 0.6 is 11.8 Å². The number of carboxylic acid groups (broad SMARTS) is 1.